The lowest BCUT2D eigenvalue weighted by atomic mass is 9.73. The van der Waals surface area contributed by atoms with E-state index in [0.29, 0.717) is 30.9 Å². The lowest BCUT2D eigenvalue weighted by Crippen LogP contribution is -2.66. The van der Waals surface area contributed by atoms with E-state index in [1.807, 2.05) is 19.1 Å². The monoisotopic (exact) mass is 396 g/mol. The summed E-state index contributed by atoms with van der Waals surface area (Å²) in [5, 5.41) is 3.23. The maximum absolute atomic E-state index is 14.4. The summed E-state index contributed by atoms with van der Waals surface area (Å²) in [6.45, 7) is 2.86. The van der Waals surface area contributed by atoms with Crippen LogP contribution in [0.2, 0.25) is 0 Å². The van der Waals surface area contributed by atoms with E-state index in [0.717, 1.165) is 25.1 Å². The number of carbonyl (C=O) groups excluding carboxylic acids is 1. The number of nitrogens with zero attached hydrogens (tertiary/aromatic N) is 3. The molecule has 3 aliphatic rings. The van der Waals surface area contributed by atoms with E-state index in [-0.39, 0.29) is 30.0 Å². The zero-order valence-electron chi connectivity index (χ0n) is 16.5. The third-order valence-electron chi connectivity index (χ3n) is 6.46. The quantitative estimate of drug-likeness (QED) is 0.841. The largest absolute Gasteiger partial charge is 0.373 e. The van der Waals surface area contributed by atoms with Gasteiger partial charge in [-0.2, -0.15) is 0 Å². The van der Waals surface area contributed by atoms with Crippen molar-refractivity contribution in [2.75, 3.05) is 18.0 Å². The molecule has 3 fully saturated rings. The normalized spacial score (nSPS) is 27.0. The Morgan fingerprint density at radius 1 is 1.31 bits per heavy atom. The molecule has 1 N–H and O–H groups in total. The molecule has 3 atom stereocenters. The molecule has 0 unspecified atom stereocenters. The number of aromatic nitrogens is 2. The van der Waals surface area contributed by atoms with Crippen LogP contribution in [0.15, 0.2) is 36.5 Å². The predicted octanol–water partition coefficient (Wildman–Crippen LogP) is 2.41. The molecule has 2 bridgehead atoms. The Balaban J connectivity index is 1.36. The van der Waals surface area contributed by atoms with Crippen LogP contribution in [0.1, 0.15) is 30.7 Å². The number of hydrogen-bond acceptors (Lipinski definition) is 5. The highest BCUT2D eigenvalue weighted by atomic mass is 19.1. The Morgan fingerprint density at radius 2 is 2.14 bits per heavy atom. The Bertz CT molecular complexity index is 931. The third-order valence-corrected chi connectivity index (χ3v) is 6.46. The van der Waals surface area contributed by atoms with Crippen LogP contribution < -0.4 is 10.2 Å². The van der Waals surface area contributed by atoms with Crippen LogP contribution in [0.4, 0.5) is 10.2 Å². The average Bonchev–Trinajstić information content (AvgIpc) is 3.29. The van der Waals surface area contributed by atoms with Crippen molar-refractivity contribution in [2.24, 2.45) is 5.41 Å². The van der Waals surface area contributed by atoms with Gasteiger partial charge in [0.2, 0.25) is 5.91 Å². The van der Waals surface area contributed by atoms with Crippen molar-refractivity contribution in [3.8, 4) is 0 Å². The molecule has 152 valence electrons. The molecule has 29 heavy (non-hydrogen) atoms. The van der Waals surface area contributed by atoms with Crippen LogP contribution in [-0.4, -0.2) is 47.2 Å². The molecule has 0 saturated carbocycles. The minimum Gasteiger partial charge on any atom is -0.373 e. The zero-order valence-corrected chi connectivity index (χ0v) is 16.5. The summed E-state index contributed by atoms with van der Waals surface area (Å²) in [6, 6.07) is 8.63. The van der Waals surface area contributed by atoms with Gasteiger partial charge in [-0.1, -0.05) is 18.2 Å². The number of hydrogen-bond donors (Lipinski definition) is 1. The van der Waals surface area contributed by atoms with E-state index < -0.39 is 5.41 Å². The Labute approximate surface area is 169 Å². The SMILES string of the molecule is Cc1nccc(N2CC(Cc3ccccc3F)(C(=O)N[C@@H]3C[C@@H]4CC[C@H]3O4)C2)n1. The highest BCUT2D eigenvalue weighted by Crippen LogP contribution is 2.39. The topological polar surface area (TPSA) is 67.4 Å². The van der Waals surface area contributed by atoms with Gasteiger partial charge >= 0.3 is 0 Å². The van der Waals surface area contributed by atoms with Crippen LogP contribution in [0.25, 0.3) is 0 Å². The highest BCUT2D eigenvalue weighted by molar-refractivity contribution is 5.86. The number of carbonyl (C=O) groups is 1. The molecule has 1 aromatic heterocycles. The molecule has 1 amide bonds. The Hall–Kier alpha value is -2.54. The van der Waals surface area contributed by atoms with E-state index in [4.69, 9.17) is 4.74 Å². The number of anilines is 1. The van der Waals surface area contributed by atoms with Crippen molar-refractivity contribution in [1.82, 2.24) is 15.3 Å². The molecule has 3 aliphatic heterocycles. The first-order valence-electron chi connectivity index (χ1n) is 10.3. The van der Waals surface area contributed by atoms with Gasteiger partial charge < -0.3 is 15.0 Å². The summed E-state index contributed by atoms with van der Waals surface area (Å²) >= 11 is 0. The maximum atomic E-state index is 14.4. The molecule has 0 spiro atoms. The summed E-state index contributed by atoms with van der Waals surface area (Å²) in [5.74, 6) is 1.22. The molecule has 2 aromatic rings. The van der Waals surface area contributed by atoms with Crippen molar-refractivity contribution >= 4 is 11.7 Å². The smallest absolute Gasteiger partial charge is 0.230 e. The second kappa shape index (κ2) is 7.06. The number of amides is 1. The van der Waals surface area contributed by atoms with Crippen molar-refractivity contribution in [1.29, 1.82) is 0 Å². The summed E-state index contributed by atoms with van der Waals surface area (Å²) in [4.78, 5) is 24.1. The van der Waals surface area contributed by atoms with Crippen molar-refractivity contribution in [2.45, 2.75) is 50.9 Å². The predicted molar refractivity (Wildman–Crippen MR) is 106 cm³/mol. The lowest BCUT2D eigenvalue weighted by molar-refractivity contribution is -0.133. The number of fused-ring (bicyclic) bond motifs is 2. The molecule has 0 radical (unpaired) electrons. The van der Waals surface area contributed by atoms with Crippen LogP contribution >= 0.6 is 0 Å². The molecule has 0 aliphatic carbocycles. The first-order valence-corrected chi connectivity index (χ1v) is 10.3. The van der Waals surface area contributed by atoms with Gasteiger partial charge in [0.1, 0.15) is 17.5 Å². The summed E-state index contributed by atoms with van der Waals surface area (Å²) in [7, 11) is 0. The number of rotatable bonds is 5. The molecule has 6 nitrogen and oxygen atoms in total. The van der Waals surface area contributed by atoms with Crippen molar-refractivity contribution in [3.05, 3.63) is 53.7 Å². The van der Waals surface area contributed by atoms with E-state index in [9.17, 15) is 9.18 Å². The number of halogens is 1. The van der Waals surface area contributed by atoms with Crippen LogP contribution in [0.5, 0.6) is 0 Å². The first-order chi connectivity index (χ1) is 14.0. The summed E-state index contributed by atoms with van der Waals surface area (Å²) in [5.41, 5.74) is -0.103. The van der Waals surface area contributed by atoms with Gasteiger partial charge in [-0.3, -0.25) is 4.79 Å². The minimum absolute atomic E-state index is 0.0102. The molecule has 7 heteroatoms. The summed E-state index contributed by atoms with van der Waals surface area (Å²) < 4.78 is 20.2. The zero-order chi connectivity index (χ0) is 20.0. The van der Waals surface area contributed by atoms with Crippen LogP contribution in [0, 0.1) is 18.2 Å². The molecule has 1 aromatic carbocycles. The number of benzene rings is 1. The second-order valence-electron chi connectivity index (χ2n) is 8.56. The fraction of sp³-hybridized carbons (Fsp3) is 0.500. The van der Waals surface area contributed by atoms with Gasteiger partial charge in [-0.05, 0) is 50.3 Å². The van der Waals surface area contributed by atoms with Gasteiger partial charge in [-0.25, -0.2) is 14.4 Å². The number of nitrogens with one attached hydrogen (secondary N) is 1. The van der Waals surface area contributed by atoms with Crippen molar-refractivity contribution in [3.63, 3.8) is 0 Å². The van der Waals surface area contributed by atoms with Gasteiger partial charge in [0, 0.05) is 19.3 Å². The van der Waals surface area contributed by atoms with E-state index in [1.54, 1.807) is 18.3 Å². The molecular formula is C22H25FN4O2. The van der Waals surface area contributed by atoms with Crippen molar-refractivity contribution < 1.29 is 13.9 Å². The number of ether oxygens (including phenoxy) is 1. The highest BCUT2D eigenvalue weighted by Gasteiger charge is 2.52. The third kappa shape index (κ3) is 3.37. The van der Waals surface area contributed by atoms with Gasteiger partial charge in [0.05, 0.1) is 23.7 Å². The standard InChI is InChI=1S/C22H25FN4O2/c1-14-24-9-8-20(25-14)27-12-22(13-27,11-15-4-2-3-5-17(15)23)21(28)26-18-10-16-6-7-19(18)29-16/h2-5,8-9,16,18-19H,6-7,10-13H2,1H3,(H,26,28)/t16-,18+,19+/m0/s1. The lowest BCUT2D eigenvalue weighted by Gasteiger charge is -2.50. The Kier molecular flexibility index (Phi) is 4.50. The summed E-state index contributed by atoms with van der Waals surface area (Å²) in [6.07, 6.45) is 5.45. The fourth-order valence-electron chi connectivity index (χ4n) is 4.92. The minimum atomic E-state index is -0.678. The van der Waals surface area contributed by atoms with E-state index in [2.05, 4.69) is 20.2 Å². The maximum Gasteiger partial charge on any atom is 0.230 e. The van der Waals surface area contributed by atoms with Gasteiger partial charge in [0.15, 0.2) is 0 Å². The van der Waals surface area contributed by atoms with Crippen LogP contribution in [0.3, 0.4) is 0 Å². The first kappa shape index (κ1) is 18.5. The van der Waals surface area contributed by atoms with Gasteiger partial charge in [0.25, 0.3) is 0 Å². The molecule has 5 rings (SSSR count). The Morgan fingerprint density at radius 3 is 2.83 bits per heavy atom. The van der Waals surface area contributed by atoms with E-state index in [1.165, 1.54) is 6.07 Å². The number of aryl methyl sites for hydroxylation is 1. The second-order valence-corrected chi connectivity index (χ2v) is 8.56. The molecule has 4 heterocycles. The molecule has 3 saturated heterocycles. The van der Waals surface area contributed by atoms with E-state index >= 15 is 0 Å². The fourth-order valence-corrected chi connectivity index (χ4v) is 4.92. The van der Waals surface area contributed by atoms with Crippen LogP contribution in [-0.2, 0) is 16.0 Å². The van der Waals surface area contributed by atoms with Gasteiger partial charge in [-0.15, -0.1) is 0 Å². The average molecular weight is 396 g/mol. The molecular weight excluding hydrogens is 371 g/mol.